The van der Waals surface area contributed by atoms with Crippen molar-refractivity contribution in [3.63, 3.8) is 0 Å². The molecule has 0 radical (unpaired) electrons. The lowest BCUT2D eigenvalue weighted by molar-refractivity contribution is -0.154. The van der Waals surface area contributed by atoms with Crippen LogP contribution in [0.25, 0.3) is 0 Å². The van der Waals surface area contributed by atoms with Crippen molar-refractivity contribution in [3.05, 3.63) is 12.2 Å². The normalized spacial score (nSPS) is 41.1. The van der Waals surface area contributed by atoms with Gasteiger partial charge in [0.15, 0.2) is 0 Å². The summed E-state index contributed by atoms with van der Waals surface area (Å²) in [6.07, 6.45) is 4.68. The van der Waals surface area contributed by atoms with Crippen molar-refractivity contribution in [2.45, 2.75) is 52.1 Å². The van der Waals surface area contributed by atoms with Gasteiger partial charge in [0, 0.05) is 5.57 Å². The lowest BCUT2D eigenvalue weighted by Gasteiger charge is -2.37. The molecule has 0 aromatic heterocycles. The molecule has 116 valence electrons. The Morgan fingerprint density at radius 2 is 2.14 bits per heavy atom. The van der Waals surface area contributed by atoms with E-state index in [1.807, 2.05) is 0 Å². The second kappa shape index (κ2) is 5.15. The Morgan fingerprint density at radius 3 is 2.62 bits per heavy atom. The number of ether oxygens (including phenoxy) is 2. The average Bonchev–Trinajstić information content (AvgIpc) is 3.12. The van der Waals surface area contributed by atoms with Gasteiger partial charge in [-0.3, -0.25) is 4.79 Å². The molecule has 0 amide bonds. The molecule has 4 nitrogen and oxygen atoms in total. The van der Waals surface area contributed by atoms with Crippen LogP contribution in [-0.2, 0) is 19.1 Å². The van der Waals surface area contributed by atoms with Gasteiger partial charge in [-0.1, -0.05) is 13.5 Å². The highest BCUT2D eigenvalue weighted by Gasteiger charge is 2.59. The number of carbonyl (C=O) groups is 2. The van der Waals surface area contributed by atoms with Crippen LogP contribution in [0, 0.1) is 23.2 Å². The smallest absolute Gasteiger partial charge is 0.333 e. The first-order valence-electron chi connectivity index (χ1n) is 8.01. The average molecular weight is 292 g/mol. The summed E-state index contributed by atoms with van der Waals surface area (Å²) in [6, 6.07) is 0. The third kappa shape index (κ3) is 2.19. The lowest BCUT2D eigenvalue weighted by Crippen LogP contribution is -2.40. The van der Waals surface area contributed by atoms with Gasteiger partial charge in [-0.05, 0) is 56.8 Å². The van der Waals surface area contributed by atoms with Gasteiger partial charge in [0.05, 0.1) is 12.0 Å². The molecule has 0 N–H and O–H groups in total. The standard InChI is InChI=1S/C17H24O4/c1-4-17(5-6-20-16(17)19)13-8-12-7-11(13)9-14(12)21-15(18)10(2)3/h11-14H,2,4-9H2,1,3H3. The molecule has 0 aromatic carbocycles. The largest absolute Gasteiger partial charge is 0.465 e. The summed E-state index contributed by atoms with van der Waals surface area (Å²) in [7, 11) is 0. The van der Waals surface area contributed by atoms with Crippen LogP contribution in [-0.4, -0.2) is 24.6 Å². The number of cyclic esters (lactones) is 1. The van der Waals surface area contributed by atoms with E-state index in [0.29, 0.717) is 29.9 Å². The maximum absolute atomic E-state index is 12.2. The number of fused-ring (bicyclic) bond motifs is 2. The third-order valence-corrected chi connectivity index (χ3v) is 5.93. The highest BCUT2D eigenvalue weighted by molar-refractivity contribution is 5.87. The molecule has 5 unspecified atom stereocenters. The van der Waals surface area contributed by atoms with Crippen molar-refractivity contribution < 1.29 is 19.1 Å². The fraction of sp³-hybridized carbons (Fsp3) is 0.765. The first kappa shape index (κ1) is 14.6. The minimum Gasteiger partial charge on any atom is -0.465 e. The minimum atomic E-state index is -0.283. The van der Waals surface area contributed by atoms with Crippen LogP contribution in [0.2, 0.25) is 0 Å². The molecule has 3 rings (SSSR count). The van der Waals surface area contributed by atoms with Crippen LogP contribution in [0.4, 0.5) is 0 Å². The first-order valence-corrected chi connectivity index (χ1v) is 8.01. The summed E-state index contributed by atoms with van der Waals surface area (Å²) in [5.74, 6) is 1.01. The fourth-order valence-electron chi connectivity index (χ4n) is 4.77. The molecular formula is C17H24O4. The predicted octanol–water partition coefficient (Wildman–Crippen LogP) is 2.86. The highest BCUT2D eigenvalue weighted by atomic mass is 16.5. The second-order valence-corrected chi connectivity index (χ2v) is 6.95. The number of rotatable bonds is 4. The van der Waals surface area contributed by atoms with Crippen molar-refractivity contribution in [1.29, 1.82) is 0 Å². The Bertz CT molecular complexity index is 483. The Morgan fingerprint density at radius 1 is 1.38 bits per heavy atom. The Hall–Kier alpha value is -1.32. The van der Waals surface area contributed by atoms with Crippen LogP contribution < -0.4 is 0 Å². The number of carbonyl (C=O) groups excluding carboxylic acids is 2. The highest BCUT2D eigenvalue weighted by Crippen LogP contribution is 2.59. The Balaban J connectivity index is 1.69. The minimum absolute atomic E-state index is 0.00182. The molecule has 0 spiro atoms. The van der Waals surface area contributed by atoms with E-state index in [1.54, 1.807) is 6.92 Å². The molecule has 2 saturated carbocycles. The Labute approximate surface area is 125 Å². The molecule has 3 fully saturated rings. The monoisotopic (exact) mass is 292 g/mol. The van der Waals surface area contributed by atoms with Gasteiger partial charge in [0.2, 0.25) is 0 Å². The molecule has 3 aliphatic rings. The lowest BCUT2D eigenvalue weighted by atomic mass is 9.65. The first-order chi connectivity index (χ1) is 9.98. The van der Waals surface area contributed by atoms with Gasteiger partial charge < -0.3 is 9.47 Å². The number of esters is 2. The second-order valence-electron chi connectivity index (χ2n) is 6.95. The van der Waals surface area contributed by atoms with E-state index in [9.17, 15) is 9.59 Å². The topological polar surface area (TPSA) is 52.6 Å². The predicted molar refractivity (Wildman–Crippen MR) is 77.3 cm³/mol. The van der Waals surface area contributed by atoms with Gasteiger partial charge in [-0.25, -0.2) is 4.79 Å². The zero-order valence-electron chi connectivity index (χ0n) is 12.9. The maximum Gasteiger partial charge on any atom is 0.333 e. The van der Waals surface area contributed by atoms with E-state index < -0.39 is 0 Å². The summed E-state index contributed by atoms with van der Waals surface area (Å²) in [5, 5.41) is 0. The van der Waals surface area contributed by atoms with Crippen LogP contribution in [0.5, 0.6) is 0 Å². The third-order valence-electron chi connectivity index (χ3n) is 5.93. The van der Waals surface area contributed by atoms with Crippen LogP contribution in [0.1, 0.15) is 46.0 Å². The van der Waals surface area contributed by atoms with Crippen molar-refractivity contribution in [2.24, 2.45) is 23.2 Å². The molecule has 2 bridgehead atoms. The molecule has 1 aliphatic heterocycles. The zero-order chi connectivity index (χ0) is 15.2. The molecule has 4 heteroatoms. The van der Waals surface area contributed by atoms with Crippen molar-refractivity contribution in [2.75, 3.05) is 6.61 Å². The van der Waals surface area contributed by atoms with Crippen molar-refractivity contribution in [3.8, 4) is 0 Å². The van der Waals surface area contributed by atoms with Crippen LogP contribution in [0.15, 0.2) is 12.2 Å². The Kier molecular flexibility index (Phi) is 3.58. The summed E-state index contributed by atoms with van der Waals surface area (Å²) in [5.41, 5.74) is 0.182. The molecule has 1 heterocycles. The van der Waals surface area contributed by atoms with E-state index in [0.717, 1.165) is 32.1 Å². The summed E-state index contributed by atoms with van der Waals surface area (Å²) in [4.78, 5) is 23.9. The molecule has 1 saturated heterocycles. The fourth-order valence-corrected chi connectivity index (χ4v) is 4.77. The summed E-state index contributed by atoms with van der Waals surface area (Å²) >= 11 is 0. The van der Waals surface area contributed by atoms with Crippen molar-refractivity contribution >= 4 is 11.9 Å². The zero-order valence-corrected chi connectivity index (χ0v) is 12.9. The van der Waals surface area contributed by atoms with E-state index in [2.05, 4.69) is 13.5 Å². The van der Waals surface area contributed by atoms with Crippen LogP contribution in [0.3, 0.4) is 0 Å². The molecular weight excluding hydrogens is 268 g/mol. The van der Waals surface area contributed by atoms with Gasteiger partial charge in [0.1, 0.15) is 6.10 Å². The van der Waals surface area contributed by atoms with Gasteiger partial charge in [-0.2, -0.15) is 0 Å². The molecule has 2 aliphatic carbocycles. The number of hydrogen-bond donors (Lipinski definition) is 0. The van der Waals surface area contributed by atoms with Crippen LogP contribution >= 0.6 is 0 Å². The van der Waals surface area contributed by atoms with E-state index >= 15 is 0 Å². The number of hydrogen-bond acceptors (Lipinski definition) is 4. The van der Waals surface area contributed by atoms with Gasteiger partial charge >= 0.3 is 11.9 Å². The maximum atomic E-state index is 12.2. The van der Waals surface area contributed by atoms with Crippen molar-refractivity contribution in [1.82, 2.24) is 0 Å². The molecule has 0 aromatic rings. The SMILES string of the molecule is C=C(C)C(=O)OC1CC2CC1CC2C1(CC)CCOC1=O. The summed E-state index contributed by atoms with van der Waals surface area (Å²) in [6.45, 7) is 7.97. The van der Waals surface area contributed by atoms with E-state index in [1.165, 1.54) is 0 Å². The molecule has 5 atom stereocenters. The van der Waals surface area contributed by atoms with E-state index in [-0.39, 0.29) is 23.5 Å². The molecule has 21 heavy (non-hydrogen) atoms. The van der Waals surface area contributed by atoms with Gasteiger partial charge in [-0.15, -0.1) is 0 Å². The van der Waals surface area contributed by atoms with Gasteiger partial charge in [0.25, 0.3) is 0 Å². The summed E-state index contributed by atoms with van der Waals surface area (Å²) < 4.78 is 10.8. The quantitative estimate of drug-likeness (QED) is 0.590. The van der Waals surface area contributed by atoms with E-state index in [4.69, 9.17) is 9.47 Å².